The lowest BCUT2D eigenvalue weighted by Gasteiger charge is -2.17. The van der Waals surface area contributed by atoms with E-state index in [4.69, 9.17) is 19.4 Å². The molecule has 0 bridgehead atoms. The van der Waals surface area contributed by atoms with Crippen molar-refractivity contribution in [1.82, 2.24) is 19.5 Å². The highest BCUT2D eigenvalue weighted by Gasteiger charge is 2.23. The van der Waals surface area contributed by atoms with Crippen molar-refractivity contribution in [1.29, 1.82) is 0 Å². The van der Waals surface area contributed by atoms with E-state index in [1.807, 2.05) is 12.1 Å². The molecule has 66 heavy (non-hydrogen) atoms. The average molecular weight is 841 g/mol. The fourth-order valence-electron chi connectivity index (χ4n) is 10.3. The number of nitrogens with zero attached hydrogens (tertiary/aromatic N) is 4. The van der Waals surface area contributed by atoms with Gasteiger partial charge >= 0.3 is 0 Å². The van der Waals surface area contributed by atoms with E-state index in [-0.39, 0.29) is 0 Å². The van der Waals surface area contributed by atoms with Gasteiger partial charge in [0.1, 0.15) is 11.2 Å². The van der Waals surface area contributed by atoms with Gasteiger partial charge in [-0.05, 0) is 109 Å². The molecule has 14 rings (SSSR count). The van der Waals surface area contributed by atoms with Crippen LogP contribution in [0.2, 0.25) is 0 Å². The van der Waals surface area contributed by atoms with Crippen molar-refractivity contribution in [3.05, 3.63) is 218 Å². The van der Waals surface area contributed by atoms with Crippen LogP contribution in [0.1, 0.15) is 0 Å². The van der Waals surface area contributed by atoms with Crippen LogP contribution in [0.25, 0.3) is 138 Å². The summed E-state index contributed by atoms with van der Waals surface area (Å²) in [5.41, 5.74) is 9.78. The molecule has 5 heteroatoms. The molecule has 0 N–H and O–H groups in total. The molecule has 0 saturated carbocycles. The Kier molecular flexibility index (Phi) is 7.91. The van der Waals surface area contributed by atoms with Gasteiger partial charge in [-0.2, -0.15) is 0 Å². The Morgan fingerprint density at radius 2 is 0.727 bits per heavy atom. The Morgan fingerprint density at radius 1 is 0.288 bits per heavy atom. The number of furan rings is 1. The van der Waals surface area contributed by atoms with Crippen LogP contribution in [0.5, 0.6) is 0 Å². The van der Waals surface area contributed by atoms with E-state index in [9.17, 15) is 0 Å². The molecule has 5 nitrogen and oxygen atoms in total. The lowest BCUT2D eigenvalue weighted by Crippen LogP contribution is -2.03. The first-order valence-electron chi connectivity index (χ1n) is 22.3. The van der Waals surface area contributed by atoms with E-state index >= 15 is 0 Å². The molecule has 0 unspecified atom stereocenters. The molecule has 0 spiro atoms. The Bertz CT molecular complexity index is 4110. The van der Waals surface area contributed by atoms with Gasteiger partial charge in [0.15, 0.2) is 17.5 Å². The lowest BCUT2D eigenvalue weighted by molar-refractivity contribution is 0.669. The average Bonchev–Trinajstić information content (AvgIpc) is 3.91. The minimum Gasteiger partial charge on any atom is -0.456 e. The van der Waals surface area contributed by atoms with Crippen molar-refractivity contribution in [3.8, 4) is 51.0 Å². The van der Waals surface area contributed by atoms with Crippen LogP contribution in [-0.2, 0) is 0 Å². The van der Waals surface area contributed by atoms with Crippen molar-refractivity contribution in [2.45, 2.75) is 0 Å². The van der Waals surface area contributed by atoms with Crippen LogP contribution in [0.15, 0.2) is 223 Å². The van der Waals surface area contributed by atoms with Gasteiger partial charge < -0.3 is 8.98 Å². The summed E-state index contributed by atoms with van der Waals surface area (Å²) in [6.07, 6.45) is 0. The van der Waals surface area contributed by atoms with Crippen molar-refractivity contribution < 1.29 is 4.42 Å². The Hall–Kier alpha value is -8.93. The lowest BCUT2D eigenvalue weighted by atomic mass is 9.94. The second-order valence-electron chi connectivity index (χ2n) is 17.1. The fourth-order valence-corrected chi connectivity index (χ4v) is 10.3. The zero-order chi connectivity index (χ0) is 43.3. The maximum Gasteiger partial charge on any atom is 0.164 e. The van der Waals surface area contributed by atoms with Crippen LogP contribution >= 0.6 is 0 Å². The predicted octanol–water partition coefficient (Wildman–Crippen LogP) is 16.1. The number of rotatable bonds is 5. The minimum absolute atomic E-state index is 0.585. The topological polar surface area (TPSA) is 56.7 Å². The molecule has 3 aromatic heterocycles. The van der Waals surface area contributed by atoms with E-state index in [2.05, 4.69) is 211 Å². The minimum atomic E-state index is 0.585. The number of para-hydroxylation sites is 1. The van der Waals surface area contributed by atoms with Crippen LogP contribution in [0, 0.1) is 0 Å². The summed E-state index contributed by atoms with van der Waals surface area (Å²) in [6, 6.07) is 77.6. The molecule has 0 aliphatic carbocycles. The molecule has 3 heterocycles. The largest absolute Gasteiger partial charge is 0.456 e. The van der Waals surface area contributed by atoms with Crippen molar-refractivity contribution in [3.63, 3.8) is 0 Å². The molecular weight excluding hydrogens is 805 g/mol. The zero-order valence-electron chi connectivity index (χ0n) is 35.5. The van der Waals surface area contributed by atoms with E-state index in [1.54, 1.807) is 0 Å². The monoisotopic (exact) mass is 840 g/mol. The molecule has 0 atom stereocenters. The molecule has 0 fully saturated rings. The summed E-state index contributed by atoms with van der Waals surface area (Å²) in [5.74, 6) is 1.81. The van der Waals surface area contributed by atoms with Gasteiger partial charge in [-0.25, -0.2) is 15.0 Å². The van der Waals surface area contributed by atoms with E-state index in [0.29, 0.717) is 17.5 Å². The van der Waals surface area contributed by atoms with Crippen molar-refractivity contribution in [2.75, 3.05) is 0 Å². The third-order valence-electron chi connectivity index (χ3n) is 13.4. The Morgan fingerprint density at radius 3 is 1.32 bits per heavy atom. The number of hydrogen-bond acceptors (Lipinski definition) is 4. The summed E-state index contributed by atoms with van der Waals surface area (Å²) in [7, 11) is 0. The van der Waals surface area contributed by atoms with Crippen molar-refractivity contribution in [2.24, 2.45) is 0 Å². The van der Waals surface area contributed by atoms with Gasteiger partial charge in [-0.1, -0.05) is 164 Å². The third kappa shape index (κ3) is 5.63. The van der Waals surface area contributed by atoms with Crippen LogP contribution in [0.4, 0.5) is 0 Å². The van der Waals surface area contributed by atoms with E-state index in [0.717, 1.165) is 88.0 Å². The van der Waals surface area contributed by atoms with Crippen LogP contribution in [-0.4, -0.2) is 19.5 Å². The summed E-state index contributed by atoms with van der Waals surface area (Å²) < 4.78 is 8.98. The second-order valence-corrected chi connectivity index (χ2v) is 17.1. The maximum absolute atomic E-state index is 6.55. The van der Waals surface area contributed by atoms with Crippen LogP contribution in [0.3, 0.4) is 0 Å². The maximum atomic E-state index is 6.55. The van der Waals surface area contributed by atoms with E-state index in [1.165, 1.54) is 32.3 Å². The van der Waals surface area contributed by atoms with E-state index < -0.39 is 0 Å². The summed E-state index contributed by atoms with van der Waals surface area (Å²) >= 11 is 0. The van der Waals surface area contributed by atoms with Gasteiger partial charge in [0.05, 0.1) is 11.0 Å². The zero-order valence-corrected chi connectivity index (χ0v) is 35.5. The molecule has 0 amide bonds. The summed E-state index contributed by atoms with van der Waals surface area (Å²) in [5, 5.41) is 13.7. The molecule has 11 aromatic carbocycles. The Labute approximate surface area is 378 Å². The summed E-state index contributed by atoms with van der Waals surface area (Å²) in [6.45, 7) is 0. The van der Waals surface area contributed by atoms with Gasteiger partial charge in [0.2, 0.25) is 0 Å². The second kappa shape index (κ2) is 14.3. The molecular formula is C61H36N4O. The normalized spacial score (nSPS) is 11.9. The van der Waals surface area contributed by atoms with Crippen molar-refractivity contribution >= 4 is 86.8 Å². The standard InChI is InChI=1S/C61H36N4O/c1-3-18-41-34-54-52(32-39(41)16-1)53-33-40-17-2-4-19-42(40)35-55(53)65(54)43-30-31-49(51(36-43)46-25-13-29-57-58(46)50-24-9-10-28-56(50)66-57)61-63-59(47-26-11-20-37-14-5-7-22-44(37)47)62-60(64-61)48-27-12-21-38-15-6-8-23-45(38)48/h1-36H. The highest BCUT2D eigenvalue weighted by Crippen LogP contribution is 2.44. The molecule has 0 radical (unpaired) electrons. The Balaban J connectivity index is 1.10. The molecule has 0 aliphatic rings. The quantitative estimate of drug-likeness (QED) is 0.173. The van der Waals surface area contributed by atoms with Gasteiger partial charge in [-0.15, -0.1) is 0 Å². The first-order chi connectivity index (χ1) is 32.7. The smallest absolute Gasteiger partial charge is 0.164 e. The summed E-state index contributed by atoms with van der Waals surface area (Å²) in [4.78, 5) is 16.2. The fraction of sp³-hybridized carbons (Fsp3) is 0. The molecule has 0 saturated heterocycles. The van der Waals surface area contributed by atoms with Gasteiger partial charge in [0.25, 0.3) is 0 Å². The molecule has 0 aliphatic heterocycles. The SMILES string of the molecule is c1ccc2cc3c(cc2c1)c1cc2ccccc2cc1n3-c1ccc(-c2nc(-c3cccc4ccccc34)nc(-c3cccc4ccccc34)n2)c(-c2cccc3oc4ccccc4c23)c1. The number of hydrogen-bond donors (Lipinski definition) is 0. The first kappa shape index (κ1) is 36.5. The predicted molar refractivity (Wildman–Crippen MR) is 273 cm³/mol. The number of benzene rings is 11. The number of fused-ring (bicyclic) bond motifs is 10. The van der Waals surface area contributed by atoms with Gasteiger partial charge in [0, 0.05) is 43.9 Å². The molecule has 306 valence electrons. The van der Waals surface area contributed by atoms with Gasteiger partial charge in [-0.3, -0.25) is 0 Å². The highest BCUT2D eigenvalue weighted by molar-refractivity contribution is 6.17. The number of aromatic nitrogens is 4. The first-order valence-corrected chi connectivity index (χ1v) is 22.3. The molecule has 14 aromatic rings. The third-order valence-corrected chi connectivity index (χ3v) is 13.4. The highest BCUT2D eigenvalue weighted by atomic mass is 16.3. The van der Waals surface area contributed by atoms with Crippen LogP contribution < -0.4 is 0 Å².